The first kappa shape index (κ1) is 42.4. The summed E-state index contributed by atoms with van der Waals surface area (Å²) in [7, 11) is 0. The molecule has 4 unspecified atom stereocenters. The van der Waals surface area contributed by atoms with E-state index in [4.69, 9.17) is 9.97 Å². The molecule has 0 amide bonds. The van der Waals surface area contributed by atoms with E-state index >= 15 is 0 Å². The summed E-state index contributed by atoms with van der Waals surface area (Å²) in [6.07, 6.45) is 11.1. The van der Waals surface area contributed by atoms with Gasteiger partial charge in [-0.25, -0.2) is 9.97 Å². The predicted octanol–water partition coefficient (Wildman–Crippen LogP) is 19.1. The number of allylic oxidation sites excluding steroid dienone is 4. The number of benzene rings is 10. The Hall–Kier alpha value is -8.98. The summed E-state index contributed by atoms with van der Waals surface area (Å²) >= 11 is 0. The third kappa shape index (κ3) is 6.10. The molecule has 4 bridgehead atoms. The highest BCUT2D eigenvalue weighted by Gasteiger charge is 2.46. The van der Waals surface area contributed by atoms with Gasteiger partial charge in [0.25, 0.3) is 0 Å². The van der Waals surface area contributed by atoms with Crippen molar-refractivity contribution in [3.63, 3.8) is 0 Å². The second-order valence-corrected chi connectivity index (χ2v) is 22.0. The molecule has 2 heterocycles. The lowest BCUT2D eigenvalue weighted by Gasteiger charge is -2.26. The summed E-state index contributed by atoms with van der Waals surface area (Å²) in [6.45, 7) is 0. The minimum atomic E-state index is 0.295. The van der Waals surface area contributed by atoms with Gasteiger partial charge in [-0.2, -0.15) is 0 Å². The molecule has 17 rings (SSSR count). The molecule has 5 aliphatic rings. The van der Waals surface area contributed by atoms with Gasteiger partial charge in [0.15, 0.2) is 0 Å². The van der Waals surface area contributed by atoms with Crippen LogP contribution in [0, 0.1) is 0 Å². The molecule has 4 atom stereocenters. The van der Waals surface area contributed by atoms with Crippen LogP contribution in [0.3, 0.4) is 0 Å². The van der Waals surface area contributed by atoms with Crippen molar-refractivity contribution in [3.05, 3.63) is 281 Å². The van der Waals surface area contributed by atoms with Crippen molar-refractivity contribution >= 4 is 48.9 Å². The van der Waals surface area contributed by atoms with E-state index in [-0.39, 0.29) is 0 Å². The van der Waals surface area contributed by atoms with E-state index in [2.05, 4.69) is 231 Å². The molecule has 0 saturated heterocycles. The third-order valence-electron chi connectivity index (χ3n) is 18.2. The fourth-order valence-corrected chi connectivity index (χ4v) is 15.1. The molecule has 0 fully saturated rings. The normalized spacial score (nSPS) is 18.3. The van der Waals surface area contributed by atoms with E-state index in [1.54, 1.807) is 0 Å². The average Bonchev–Trinajstić information content (AvgIpc) is 4.36. The zero-order valence-corrected chi connectivity index (χ0v) is 42.0. The van der Waals surface area contributed by atoms with Crippen LogP contribution in [0.15, 0.2) is 231 Å². The second kappa shape index (κ2) is 16.3. The fourth-order valence-electron chi connectivity index (χ4n) is 15.1. The summed E-state index contributed by atoms with van der Waals surface area (Å²) in [6, 6.07) is 79.7. The van der Waals surface area contributed by atoms with Gasteiger partial charge in [0.1, 0.15) is 0 Å². The maximum Gasteiger partial charge on any atom is 0.0751 e. The first-order valence-corrected chi connectivity index (χ1v) is 27.4. The highest BCUT2D eigenvalue weighted by atomic mass is 14.7. The monoisotopic (exact) mass is 966 g/mol. The van der Waals surface area contributed by atoms with Crippen LogP contribution in [0.1, 0.15) is 99.4 Å². The Labute approximate surface area is 442 Å². The van der Waals surface area contributed by atoms with Crippen LogP contribution in [0.25, 0.3) is 105 Å². The topological polar surface area (TPSA) is 25.8 Å². The molecule has 0 saturated carbocycles. The van der Waals surface area contributed by atoms with Crippen molar-refractivity contribution in [1.29, 1.82) is 0 Å². The molecule has 5 aliphatic carbocycles. The number of hydrogen-bond donors (Lipinski definition) is 0. The van der Waals surface area contributed by atoms with Gasteiger partial charge in [-0.1, -0.05) is 194 Å². The minimum absolute atomic E-state index is 0.295. The van der Waals surface area contributed by atoms with Gasteiger partial charge < -0.3 is 0 Å². The maximum atomic E-state index is 5.93. The van der Waals surface area contributed by atoms with Crippen LogP contribution in [-0.4, -0.2) is 9.97 Å². The highest BCUT2D eigenvalue weighted by molar-refractivity contribution is 6.23. The van der Waals surface area contributed by atoms with Crippen molar-refractivity contribution in [2.75, 3.05) is 0 Å². The number of rotatable bonds is 6. The molecule has 2 heteroatoms. The van der Waals surface area contributed by atoms with Crippen LogP contribution in [0.2, 0.25) is 0 Å². The molecule has 12 aromatic rings. The number of nitrogens with zero attached hydrogens (tertiary/aromatic N) is 2. The summed E-state index contributed by atoms with van der Waals surface area (Å²) in [5, 5.41) is 7.65. The Morgan fingerprint density at radius 2 is 0.711 bits per heavy atom. The third-order valence-corrected chi connectivity index (χ3v) is 18.2. The van der Waals surface area contributed by atoms with Gasteiger partial charge in [-0.05, 0) is 173 Å². The molecule has 0 radical (unpaired) electrons. The average molecular weight is 967 g/mol. The Balaban J connectivity index is 0.992. The SMILES string of the molecule is C1=CCCC(c2c3cc4c5c(c(-c6cccc(-c7ccccc7)c6)nc4cc3c(-c3ccccc3)c3cc4c6c(c(-c7cccc(-c8ccccc8)c7)nc4cc23)C2CC6c3ccccc32)C2CC5c3ccccc32)=C1. The number of pyridine rings is 2. The van der Waals surface area contributed by atoms with E-state index < -0.39 is 0 Å². The van der Waals surface area contributed by atoms with E-state index in [1.165, 1.54) is 132 Å². The summed E-state index contributed by atoms with van der Waals surface area (Å²) < 4.78 is 0. The molecular formula is C74H50N2. The quantitative estimate of drug-likeness (QED) is 0.155. The molecule has 0 spiro atoms. The van der Waals surface area contributed by atoms with Gasteiger partial charge in [0, 0.05) is 45.6 Å². The van der Waals surface area contributed by atoms with Crippen molar-refractivity contribution in [2.45, 2.75) is 49.4 Å². The van der Waals surface area contributed by atoms with Crippen molar-refractivity contribution < 1.29 is 0 Å². The summed E-state index contributed by atoms with van der Waals surface area (Å²) in [4.78, 5) is 11.9. The highest BCUT2D eigenvalue weighted by Crippen LogP contribution is 2.62. The van der Waals surface area contributed by atoms with Crippen LogP contribution in [-0.2, 0) is 0 Å². The molecule has 2 aromatic heterocycles. The van der Waals surface area contributed by atoms with E-state index in [0.29, 0.717) is 23.7 Å². The van der Waals surface area contributed by atoms with Gasteiger partial charge in [-0.3, -0.25) is 0 Å². The van der Waals surface area contributed by atoms with Gasteiger partial charge >= 0.3 is 0 Å². The van der Waals surface area contributed by atoms with Gasteiger partial charge in [0.05, 0.1) is 22.4 Å². The zero-order chi connectivity index (χ0) is 49.6. The Morgan fingerprint density at radius 3 is 1.18 bits per heavy atom. The number of aromatic nitrogens is 2. The Kier molecular flexibility index (Phi) is 9.07. The molecule has 0 N–H and O–H groups in total. The lowest BCUT2D eigenvalue weighted by Crippen LogP contribution is -2.08. The molecule has 76 heavy (non-hydrogen) atoms. The van der Waals surface area contributed by atoms with Gasteiger partial charge in [-0.15, -0.1) is 0 Å². The van der Waals surface area contributed by atoms with E-state index in [9.17, 15) is 0 Å². The molecule has 0 aliphatic heterocycles. The summed E-state index contributed by atoms with van der Waals surface area (Å²) in [5.41, 5.74) is 28.5. The van der Waals surface area contributed by atoms with Crippen LogP contribution in [0.4, 0.5) is 0 Å². The lowest BCUT2D eigenvalue weighted by molar-refractivity contribution is 0.797. The standard InChI is InChI=1S/C74H50N2/c1-5-19-43(20-6-1)47-27-17-29-49(35-47)73-71-57-37-55(51-31-13-15-33-53(51)57)69(71)63-39-59-61(41-65(63)75-73)67(45-23-9-3-10-24-45)60-40-64-66(42-62(60)68(59)46-25-11-4-12-26-46)76-74(50-30-18-28-48(36-50)44-21-7-2-8-22-44)72-58-38-56(70(64)72)52-32-14-16-34-54(52)58/h1-11,13-25,27-36,39-42,55-58H,12,26,37-38H2. The first-order valence-electron chi connectivity index (χ1n) is 27.4. The minimum Gasteiger partial charge on any atom is -0.247 e. The molecule has 10 aromatic carbocycles. The van der Waals surface area contributed by atoms with Crippen LogP contribution in [0.5, 0.6) is 0 Å². The Morgan fingerprint density at radius 1 is 0.316 bits per heavy atom. The van der Waals surface area contributed by atoms with Crippen LogP contribution >= 0.6 is 0 Å². The fraction of sp³-hybridized carbons (Fsp3) is 0.108. The lowest BCUT2D eigenvalue weighted by atomic mass is 9.79. The summed E-state index contributed by atoms with van der Waals surface area (Å²) in [5.74, 6) is 1.20. The van der Waals surface area contributed by atoms with Crippen LogP contribution < -0.4 is 0 Å². The van der Waals surface area contributed by atoms with Gasteiger partial charge in [0.2, 0.25) is 0 Å². The van der Waals surface area contributed by atoms with Crippen molar-refractivity contribution in [2.24, 2.45) is 0 Å². The smallest absolute Gasteiger partial charge is 0.0751 e. The van der Waals surface area contributed by atoms with Crippen molar-refractivity contribution in [1.82, 2.24) is 9.97 Å². The first-order chi connectivity index (χ1) is 37.7. The van der Waals surface area contributed by atoms with E-state index in [0.717, 1.165) is 48.1 Å². The number of fused-ring (bicyclic) bond motifs is 22. The van der Waals surface area contributed by atoms with Crippen molar-refractivity contribution in [3.8, 4) is 55.9 Å². The largest absolute Gasteiger partial charge is 0.247 e. The maximum absolute atomic E-state index is 5.93. The molecule has 356 valence electrons. The second-order valence-electron chi connectivity index (χ2n) is 22.0. The molecule has 2 nitrogen and oxygen atoms in total. The van der Waals surface area contributed by atoms with E-state index in [1.807, 2.05) is 0 Å². The Bertz CT molecular complexity index is 4530. The number of hydrogen-bond acceptors (Lipinski definition) is 2. The molecular weight excluding hydrogens is 917 g/mol. The zero-order valence-electron chi connectivity index (χ0n) is 42.0. The predicted molar refractivity (Wildman–Crippen MR) is 315 cm³/mol.